The quantitative estimate of drug-likeness (QED) is 0.745. The smallest absolute Gasteiger partial charge is 0.312 e. The van der Waals surface area contributed by atoms with Gasteiger partial charge in [0.05, 0.1) is 12.5 Å². The van der Waals surface area contributed by atoms with Crippen molar-refractivity contribution < 1.29 is 9.53 Å². The summed E-state index contributed by atoms with van der Waals surface area (Å²) in [5, 5.41) is 0. The Morgan fingerprint density at radius 1 is 1.18 bits per heavy atom. The number of benzene rings is 1. The summed E-state index contributed by atoms with van der Waals surface area (Å²) in [6.45, 7) is 8.21. The van der Waals surface area contributed by atoms with Crippen LogP contribution in [0.25, 0.3) is 0 Å². The van der Waals surface area contributed by atoms with Gasteiger partial charge < -0.3 is 4.74 Å². The summed E-state index contributed by atoms with van der Waals surface area (Å²) in [6, 6.07) is 10.1. The first-order valence-corrected chi connectivity index (χ1v) is 6.04. The number of methoxy groups -OCH3 is 1. The van der Waals surface area contributed by atoms with Crippen molar-refractivity contribution >= 4 is 5.97 Å². The Labute approximate surface area is 104 Å². The van der Waals surface area contributed by atoms with Crippen LogP contribution in [0.1, 0.15) is 39.7 Å². The highest BCUT2D eigenvalue weighted by Crippen LogP contribution is 2.44. The fourth-order valence-electron chi connectivity index (χ4n) is 2.24. The molecule has 0 radical (unpaired) electrons. The minimum Gasteiger partial charge on any atom is -0.469 e. The van der Waals surface area contributed by atoms with Gasteiger partial charge in [0.2, 0.25) is 0 Å². The van der Waals surface area contributed by atoms with E-state index in [1.807, 2.05) is 32.0 Å². The zero-order chi connectivity index (χ0) is 13.1. The van der Waals surface area contributed by atoms with E-state index in [-0.39, 0.29) is 11.4 Å². The third-order valence-electron chi connectivity index (χ3n) is 4.22. The minimum atomic E-state index is -0.511. The molecule has 1 rings (SSSR count). The lowest BCUT2D eigenvalue weighted by Crippen LogP contribution is -2.45. The second-order valence-corrected chi connectivity index (χ2v) is 5.17. The average molecular weight is 234 g/mol. The maximum Gasteiger partial charge on any atom is 0.312 e. The van der Waals surface area contributed by atoms with Gasteiger partial charge in [-0.3, -0.25) is 4.79 Å². The summed E-state index contributed by atoms with van der Waals surface area (Å²) in [5.74, 6) is -0.145. The van der Waals surface area contributed by atoms with Gasteiger partial charge in [0.25, 0.3) is 0 Å². The predicted octanol–water partition coefficient (Wildman–Crippen LogP) is 3.55. The van der Waals surface area contributed by atoms with E-state index in [9.17, 15) is 4.79 Å². The lowest BCUT2D eigenvalue weighted by Gasteiger charge is -2.41. The Hall–Kier alpha value is -1.31. The van der Waals surface area contributed by atoms with Gasteiger partial charge >= 0.3 is 5.97 Å². The second kappa shape index (κ2) is 4.91. The van der Waals surface area contributed by atoms with Crippen LogP contribution in [0.3, 0.4) is 0 Å². The van der Waals surface area contributed by atoms with Crippen LogP contribution >= 0.6 is 0 Å². The lowest BCUT2D eigenvalue weighted by molar-refractivity contribution is -0.156. The number of carbonyl (C=O) groups excluding carboxylic acids is 1. The van der Waals surface area contributed by atoms with E-state index >= 15 is 0 Å². The van der Waals surface area contributed by atoms with Crippen molar-refractivity contribution in [3.63, 3.8) is 0 Å². The van der Waals surface area contributed by atoms with Gasteiger partial charge in [0.15, 0.2) is 0 Å². The molecule has 17 heavy (non-hydrogen) atoms. The van der Waals surface area contributed by atoms with E-state index in [0.29, 0.717) is 0 Å². The van der Waals surface area contributed by atoms with Crippen LogP contribution in [0.15, 0.2) is 30.3 Å². The van der Waals surface area contributed by atoms with E-state index < -0.39 is 5.41 Å². The SMILES string of the molecule is CCC(C)(C(=O)OC)C(C)(C)c1ccccc1. The number of rotatable bonds is 4. The Morgan fingerprint density at radius 2 is 1.71 bits per heavy atom. The fraction of sp³-hybridized carbons (Fsp3) is 0.533. The van der Waals surface area contributed by atoms with Crippen LogP contribution in [0.4, 0.5) is 0 Å². The van der Waals surface area contributed by atoms with Crippen molar-refractivity contribution in [3.05, 3.63) is 35.9 Å². The molecule has 0 aromatic heterocycles. The van der Waals surface area contributed by atoms with Gasteiger partial charge in [-0.05, 0) is 18.9 Å². The van der Waals surface area contributed by atoms with Gasteiger partial charge in [0.1, 0.15) is 0 Å². The van der Waals surface area contributed by atoms with Gasteiger partial charge in [-0.25, -0.2) is 0 Å². The average Bonchev–Trinajstić information content (AvgIpc) is 2.37. The Bertz CT molecular complexity index is 381. The molecule has 0 aliphatic heterocycles. The van der Waals surface area contributed by atoms with Crippen LogP contribution < -0.4 is 0 Å². The van der Waals surface area contributed by atoms with Crippen LogP contribution in [0.5, 0.6) is 0 Å². The highest BCUT2D eigenvalue weighted by Gasteiger charge is 2.47. The van der Waals surface area contributed by atoms with E-state index in [1.54, 1.807) is 0 Å². The third kappa shape index (κ3) is 2.21. The standard InChI is InChI=1S/C15H22O2/c1-6-15(4,13(16)17-5)14(2,3)12-10-8-7-9-11-12/h7-11H,6H2,1-5H3. The van der Waals surface area contributed by atoms with E-state index in [1.165, 1.54) is 7.11 Å². The van der Waals surface area contributed by atoms with E-state index in [4.69, 9.17) is 4.74 Å². The molecule has 94 valence electrons. The molecule has 0 spiro atoms. The first kappa shape index (κ1) is 13.8. The molecule has 0 fully saturated rings. The van der Waals surface area contributed by atoms with Gasteiger partial charge in [-0.15, -0.1) is 0 Å². The molecule has 0 amide bonds. The van der Waals surface area contributed by atoms with Crippen molar-refractivity contribution in [1.82, 2.24) is 0 Å². The third-order valence-corrected chi connectivity index (χ3v) is 4.22. The molecule has 0 bridgehead atoms. The number of ether oxygens (including phenoxy) is 1. The molecule has 0 N–H and O–H groups in total. The molecule has 2 nitrogen and oxygen atoms in total. The maximum absolute atomic E-state index is 12.1. The van der Waals surface area contributed by atoms with E-state index in [0.717, 1.165) is 12.0 Å². The predicted molar refractivity (Wildman–Crippen MR) is 69.9 cm³/mol. The first-order valence-electron chi connectivity index (χ1n) is 6.04. The molecule has 1 aromatic carbocycles. The topological polar surface area (TPSA) is 26.3 Å². The van der Waals surface area contributed by atoms with Crippen molar-refractivity contribution in [2.75, 3.05) is 7.11 Å². The fourth-order valence-corrected chi connectivity index (χ4v) is 2.24. The van der Waals surface area contributed by atoms with Crippen LogP contribution in [0.2, 0.25) is 0 Å². The second-order valence-electron chi connectivity index (χ2n) is 5.17. The maximum atomic E-state index is 12.1. The number of carbonyl (C=O) groups is 1. The molecule has 1 aromatic rings. The largest absolute Gasteiger partial charge is 0.469 e. The number of hydrogen-bond acceptors (Lipinski definition) is 2. The number of esters is 1. The molecule has 0 aliphatic carbocycles. The molecular formula is C15H22O2. The van der Waals surface area contributed by atoms with Crippen LogP contribution in [-0.4, -0.2) is 13.1 Å². The van der Waals surface area contributed by atoms with Gasteiger partial charge in [-0.1, -0.05) is 51.1 Å². The van der Waals surface area contributed by atoms with Gasteiger partial charge in [0, 0.05) is 5.41 Å². The normalized spacial score (nSPS) is 15.1. The summed E-state index contributed by atoms with van der Waals surface area (Å²) in [6.07, 6.45) is 0.752. The zero-order valence-corrected chi connectivity index (χ0v) is 11.4. The number of hydrogen-bond donors (Lipinski definition) is 0. The van der Waals surface area contributed by atoms with E-state index in [2.05, 4.69) is 26.0 Å². The Morgan fingerprint density at radius 3 is 2.12 bits per heavy atom. The van der Waals surface area contributed by atoms with Crippen molar-refractivity contribution in [3.8, 4) is 0 Å². The monoisotopic (exact) mass is 234 g/mol. The Kier molecular flexibility index (Phi) is 3.97. The van der Waals surface area contributed by atoms with Crippen molar-refractivity contribution in [2.45, 2.75) is 39.5 Å². The zero-order valence-electron chi connectivity index (χ0n) is 11.4. The van der Waals surface area contributed by atoms with Crippen LogP contribution in [-0.2, 0) is 14.9 Å². The molecule has 1 unspecified atom stereocenters. The highest BCUT2D eigenvalue weighted by atomic mass is 16.5. The van der Waals surface area contributed by atoms with Crippen molar-refractivity contribution in [2.24, 2.45) is 5.41 Å². The molecule has 0 heterocycles. The molecule has 1 atom stereocenters. The Balaban J connectivity index is 3.23. The molecule has 0 aliphatic rings. The minimum absolute atomic E-state index is 0.145. The van der Waals surface area contributed by atoms with Gasteiger partial charge in [-0.2, -0.15) is 0 Å². The molecule has 0 saturated carbocycles. The van der Waals surface area contributed by atoms with Crippen LogP contribution in [0, 0.1) is 5.41 Å². The summed E-state index contributed by atoms with van der Waals surface area (Å²) in [4.78, 5) is 12.1. The lowest BCUT2D eigenvalue weighted by atomic mass is 9.61. The first-order chi connectivity index (χ1) is 7.90. The molecule has 0 saturated heterocycles. The highest BCUT2D eigenvalue weighted by molar-refractivity contribution is 5.78. The molecular weight excluding hydrogens is 212 g/mol. The summed E-state index contributed by atoms with van der Waals surface area (Å²) >= 11 is 0. The summed E-state index contributed by atoms with van der Waals surface area (Å²) in [5.41, 5.74) is 0.397. The molecule has 2 heteroatoms. The van der Waals surface area contributed by atoms with Crippen molar-refractivity contribution in [1.29, 1.82) is 0 Å². The summed E-state index contributed by atoms with van der Waals surface area (Å²) < 4.78 is 4.98. The summed E-state index contributed by atoms with van der Waals surface area (Å²) in [7, 11) is 1.46.